The van der Waals surface area contributed by atoms with Crippen molar-refractivity contribution >= 4 is 44.9 Å². The minimum absolute atomic E-state index is 0.0336. The Morgan fingerprint density at radius 3 is 2.66 bits per heavy atom. The number of aryl methyl sites for hydroxylation is 1. The van der Waals surface area contributed by atoms with Crippen molar-refractivity contribution in [2.24, 2.45) is 0 Å². The Hall–Kier alpha value is -3.03. The van der Waals surface area contributed by atoms with E-state index in [0.717, 1.165) is 5.56 Å². The van der Waals surface area contributed by atoms with E-state index in [1.807, 2.05) is 0 Å². The summed E-state index contributed by atoms with van der Waals surface area (Å²) >= 11 is 7.48. The minimum atomic E-state index is -0.773. The lowest BCUT2D eigenvalue weighted by Gasteiger charge is -2.22. The van der Waals surface area contributed by atoms with E-state index in [1.165, 1.54) is 28.4 Å². The SMILES string of the molecule is Cc1cc2oc3c(c(=O)c2cc1Cl)C(c1ccc(F)cc1)N(c1nccs1)C3=O. The number of carbonyl (C=O) groups excluding carboxylic acids is 1. The number of fused-ring (bicyclic) bond motifs is 2. The largest absolute Gasteiger partial charge is 0.450 e. The second-order valence-corrected chi connectivity index (χ2v) is 8.00. The van der Waals surface area contributed by atoms with Crippen LogP contribution in [0.15, 0.2) is 57.2 Å². The number of benzene rings is 2. The molecule has 0 saturated heterocycles. The number of aromatic nitrogens is 1. The van der Waals surface area contributed by atoms with Gasteiger partial charge < -0.3 is 4.42 Å². The van der Waals surface area contributed by atoms with E-state index in [9.17, 15) is 14.0 Å². The molecule has 0 spiro atoms. The molecular weight excluding hydrogens is 415 g/mol. The standard InChI is InChI=1S/C21H12ClFN2O3S/c1-10-8-15-13(9-14(10)22)18(26)16-17(11-2-4-12(23)5-3-11)25(20(27)19(16)28-15)21-24-6-7-29-21/h2-9,17H,1H3. The second-order valence-electron chi connectivity index (χ2n) is 6.72. The van der Waals surface area contributed by atoms with Gasteiger partial charge in [-0.25, -0.2) is 9.37 Å². The highest BCUT2D eigenvalue weighted by Crippen LogP contribution is 2.42. The number of amides is 1. The number of nitrogens with zero attached hydrogens (tertiary/aromatic N) is 2. The lowest BCUT2D eigenvalue weighted by atomic mass is 9.98. The minimum Gasteiger partial charge on any atom is -0.450 e. The summed E-state index contributed by atoms with van der Waals surface area (Å²) in [5, 5.41) is 2.89. The van der Waals surface area contributed by atoms with Crippen LogP contribution in [-0.4, -0.2) is 10.9 Å². The molecule has 1 atom stereocenters. The van der Waals surface area contributed by atoms with Gasteiger partial charge in [-0.1, -0.05) is 23.7 Å². The van der Waals surface area contributed by atoms with Gasteiger partial charge in [-0.05, 0) is 42.3 Å². The van der Waals surface area contributed by atoms with Crippen LogP contribution in [-0.2, 0) is 0 Å². The predicted octanol–water partition coefficient (Wildman–Crippen LogP) is 5.10. The maximum absolute atomic E-state index is 13.5. The number of anilines is 1. The van der Waals surface area contributed by atoms with Crippen molar-refractivity contribution in [3.8, 4) is 0 Å². The fourth-order valence-corrected chi connectivity index (χ4v) is 4.42. The Balaban J connectivity index is 1.84. The summed E-state index contributed by atoms with van der Waals surface area (Å²) in [6, 6.07) is 8.11. The van der Waals surface area contributed by atoms with Gasteiger partial charge in [0.15, 0.2) is 10.6 Å². The van der Waals surface area contributed by atoms with Crippen molar-refractivity contribution in [3.63, 3.8) is 0 Å². The molecule has 1 aliphatic rings. The molecule has 5 rings (SSSR count). The number of hydrogen-bond acceptors (Lipinski definition) is 5. The molecule has 2 aromatic heterocycles. The molecule has 0 bridgehead atoms. The molecule has 1 amide bonds. The van der Waals surface area contributed by atoms with Crippen LogP contribution in [0.4, 0.5) is 9.52 Å². The van der Waals surface area contributed by atoms with Crippen molar-refractivity contribution in [3.05, 3.63) is 91.5 Å². The molecule has 0 N–H and O–H groups in total. The van der Waals surface area contributed by atoms with Crippen molar-refractivity contribution in [1.29, 1.82) is 0 Å². The normalized spacial score (nSPS) is 15.9. The third kappa shape index (κ3) is 2.69. The molecule has 2 aromatic carbocycles. The van der Waals surface area contributed by atoms with Gasteiger partial charge in [-0.15, -0.1) is 11.3 Å². The summed E-state index contributed by atoms with van der Waals surface area (Å²) in [5.41, 5.74) is 1.47. The van der Waals surface area contributed by atoms with Crippen LogP contribution < -0.4 is 10.3 Å². The number of hydrogen-bond donors (Lipinski definition) is 0. The second kappa shape index (κ2) is 6.50. The zero-order chi connectivity index (χ0) is 20.3. The van der Waals surface area contributed by atoms with Crippen molar-refractivity contribution in [2.75, 3.05) is 4.90 Å². The lowest BCUT2D eigenvalue weighted by molar-refractivity contribution is 0.0971. The van der Waals surface area contributed by atoms with Gasteiger partial charge in [0.05, 0.1) is 17.0 Å². The van der Waals surface area contributed by atoms with Crippen molar-refractivity contribution in [1.82, 2.24) is 4.98 Å². The maximum Gasteiger partial charge on any atom is 0.297 e. The first kappa shape index (κ1) is 18.0. The molecule has 4 aromatic rings. The zero-order valence-electron chi connectivity index (χ0n) is 15.0. The molecule has 29 heavy (non-hydrogen) atoms. The van der Waals surface area contributed by atoms with Crippen molar-refractivity contribution in [2.45, 2.75) is 13.0 Å². The molecule has 144 valence electrons. The summed E-state index contributed by atoms with van der Waals surface area (Å²) in [6.45, 7) is 1.79. The monoisotopic (exact) mass is 426 g/mol. The third-order valence-corrected chi connectivity index (χ3v) is 6.14. The first-order chi connectivity index (χ1) is 14.0. The quantitative estimate of drug-likeness (QED) is 0.447. The van der Waals surface area contributed by atoms with E-state index in [2.05, 4.69) is 4.98 Å². The van der Waals surface area contributed by atoms with Gasteiger partial charge in [0, 0.05) is 16.6 Å². The van der Waals surface area contributed by atoms with Gasteiger partial charge in [-0.2, -0.15) is 0 Å². The average molecular weight is 427 g/mol. The van der Waals surface area contributed by atoms with Crippen LogP contribution in [0.2, 0.25) is 5.02 Å². The molecule has 3 heterocycles. The predicted molar refractivity (Wildman–Crippen MR) is 109 cm³/mol. The van der Waals surface area contributed by atoms with Gasteiger partial charge in [0.25, 0.3) is 5.91 Å². The van der Waals surface area contributed by atoms with E-state index in [-0.39, 0.29) is 16.8 Å². The molecule has 0 radical (unpaired) electrons. The number of rotatable bonds is 2. The van der Waals surface area contributed by atoms with Gasteiger partial charge in [0.2, 0.25) is 5.76 Å². The number of carbonyl (C=O) groups is 1. The first-order valence-corrected chi connectivity index (χ1v) is 9.97. The number of halogens is 2. The van der Waals surface area contributed by atoms with Crippen LogP contribution >= 0.6 is 22.9 Å². The molecule has 8 heteroatoms. The third-order valence-electron chi connectivity index (χ3n) is 4.96. The Kier molecular flexibility index (Phi) is 4.04. The highest BCUT2D eigenvalue weighted by Gasteiger charge is 2.44. The van der Waals surface area contributed by atoms with Gasteiger partial charge in [-0.3, -0.25) is 14.5 Å². The Morgan fingerprint density at radius 2 is 1.97 bits per heavy atom. The summed E-state index contributed by atoms with van der Waals surface area (Å²) in [7, 11) is 0. The fraction of sp³-hybridized carbons (Fsp3) is 0.0952. The summed E-state index contributed by atoms with van der Waals surface area (Å²) in [6.07, 6.45) is 1.58. The van der Waals surface area contributed by atoms with E-state index < -0.39 is 17.8 Å². The highest BCUT2D eigenvalue weighted by molar-refractivity contribution is 7.13. The number of thiazole rings is 1. The van der Waals surface area contributed by atoms with Crippen molar-refractivity contribution < 1.29 is 13.6 Å². The molecule has 5 nitrogen and oxygen atoms in total. The van der Waals surface area contributed by atoms with E-state index in [4.69, 9.17) is 16.0 Å². The van der Waals surface area contributed by atoms with E-state index >= 15 is 0 Å². The van der Waals surface area contributed by atoms with Crippen LogP contribution in [0.3, 0.4) is 0 Å². The molecule has 0 saturated carbocycles. The average Bonchev–Trinajstić information content (AvgIpc) is 3.31. The summed E-state index contributed by atoms with van der Waals surface area (Å²) in [5.74, 6) is -0.906. The Bertz CT molecular complexity index is 1330. The Labute approximate surface area is 173 Å². The van der Waals surface area contributed by atoms with E-state index in [0.29, 0.717) is 26.7 Å². The molecule has 1 aliphatic heterocycles. The van der Waals surface area contributed by atoms with E-state index in [1.54, 1.807) is 42.8 Å². The first-order valence-electron chi connectivity index (χ1n) is 8.71. The topological polar surface area (TPSA) is 63.4 Å². The van der Waals surface area contributed by atoms with Crippen LogP contribution in [0.25, 0.3) is 11.0 Å². The molecule has 0 aliphatic carbocycles. The molecule has 1 unspecified atom stereocenters. The van der Waals surface area contributed by atoms with Gasteiger partial charge in [0.1, 0.15) is 11.4 Å². The Morgan fingerprint density at radius 1 is 1.21 bits per heavy atom. The molecular formula is C21H12ClFN2O3S. The lowest BCUT2D eigenvalue weighted by Crippen LogP contribution is -2.29. The zero-order valence-corrected chi connectivity index (χ0v) is 16.6. The van der Waals surface area contributed by atoms with Crippen LogP contribution in [0.5, 0.6) is 0 Å². The fourth-order valence-electron chi connectivity index (χ4n) is 3.59. The summed E-state index contributed by atoms with van der Waals surface area (Å²) < 4.78 is 19.4. The van der Waals surface area contributed by atoms with Crippen LogP contribution in [0.1, 0.15) is 33.3 Å². The smallest absolute Gasteiger partial charge is 0.297 e. The van der Waals surface area contributed by atoms with Crippen LogP contribution in [0, 0.1) is 12.7 Å². The van der Waals surface area contributed by atoms with Gasteiger partial charge >= 0.3 is 0 Å². The summed E-state index contributed by atoms with van der Waals surface area (Å²) in [4.78, 5) is 32.3. The maximum atomic E-state index is 13.5. The highest BCUT2D eigenvalue weighted by atomic mass is 35.5. The molecule has 0 fully saturated rings.